The molecule has 0 fully saturated rings. The zero-order valence-corrected chi connectivity index (χ0v) is 20.5. The smallest absolute Gasteiger partial charge is 0.0892 e. The van der Waals surface area contributed by atoms with E-state index in [2.05, 4.69) is 110 Å². The molecule has 170 valence electrons. The summed E-state index contributed by atoms with van der Waals surface area (Å²) >= 11 is 0. The van der Waals surface area contributed by atoms with Crippen molar-refractivity contribution in [2.24, 2.45) is 0 Å². The molecule has 0 aliphatic heterocycles. The minimum Gasteiger partial charge on any atom is -0.364 e. The van der Waals surface area contributed by atoms with E-state index in [1.165, 1.54) is 37.9 Å². The third kappa shape index (κ3) is 4.02. The zero-order valence-electron chi connectivity index (χ0n) is 19.6. The first-order valence-electron chi connectivity index (χ1n) is 12.2. The van der Waals surface area contributed by atoms with Gasteiger partial charge in [0, 0.05) is 10.6 Å². The zero-order chi connectivity index (χ0) is 23.8. The number of hydrogen-bond donors (Lipinski definition) is 1. The van der Waals surface area contributed by atoms with E-state index in [4.69, 9.17) is 0 Å². The molecule has 1 N–H and O–H groups in total. The normalized spacial score (nSPS) is 12.5. The van der Waals surface area contributed by atoms with Gasteiger partial charge in [-0.25, -0.2) is 0 Å². The minimum atomic E-state index is -1.55. The summed E-state index contributed by atoms with van der Waals surface area (Å²) in [5.41, 5.74) is 1.24. The van der Waals surface area contributed by atoms with Gasteiger partial charge in [0.05, 0.1) is 8.15 Å². The molecule has 6 rings (SSSR count). The maximum absolute atomic E-state index is 12.1. The average Bonchev–Trinajstić information content (AvgIpc) is 2.90. The second-order valence-corrected chi connectivity index (χ2v) is 10.7. The SMILES string of the molecule is C=CCCCc1ccc2cc3ccccc3cc2c1P(O)c1cccc2cc3ccccc3cc12. The lowest BCUT2D eigenvalue weighted by atomic mass is 9.99. The lowest BCUT2D eigenvalue weighted by Crippen LogP contribution is -2.17. The first-order valence-corrected chi connectivity index (χ1v) is 13.5. The summed E-state index contributed by atoms with van der Waals surface area (Å²) in [5.74, 6) is 0. The van der Waals surface area contributed by atoms with E-state index in [1.54, 1.807) is 0 Å². The van der Waals surface area contributed by atoms with Gasteiger partial charge >= 0.3 is 0 Å². The Morgan fingerprint density at radius 2 is 1.20 bits per heavy atom. The van der Waals surface area contributed by atoms with Crippen molar-refractivity contribution in [3.63, 3.8) is 0 Å². The van der Waals surface area contributed by atoms with Crippen molar-refractivity contribution in [1.82, 2.24) is 0 Å². The molecule has 0 spiro atoms. The van der Waals surface area contributed by atoms with Crippen molar-refractivity contribution in [3.05, 3.63) is 121 Å². The Balaban J connectivity index is 1.60. The van der Waals surface area contributed by atoms with Gasteiger partial charge in [0.25, 0.3) is 0 Å². The van der Waals surface area contributed by atoms with Crippen LogP contribution in [0.5, 0.6) is 0 Å². The molecule has 0 saturated heterocycles. The molecule has 0 bridgehead atoms. The van der Waals surface area contributed by atoms with Crippen LogP contribution >= 0.6 is 8.15 Å². The molecule has 2 heteroatoms. The fourth-order valence-corrected chi connectivity index (χ4v) is 6.96. The molecule has 0 saturated carbocycles. The van der Waals surface area contributed by atoms with Crippen molar-refractivity contribution in [1.29, 1.82) is 0 Å². The van der Waals surface area contributed by atoms with Gasteiger partial charge in [-0.3, -0.25) is 0 Å². The van der Waals surface area contributed by atoms with Crippen molar-refractivity contribution in [2.45, 2.75) is 19.3 Å². The van der Waals surface area contributed by atoms with Gasteiger partial charge in [-0.05, 0) is 92.2 Å². The van der Waals surface area contributed by atoms with Gasteiger partial charge in [-0.15, -0.1) is 6.58 Å². The molecule has 0 aliphatic rings. The molecule has 0 heterocycles. The molecule has 0 aliphatic carbocycles. The number of hydrogen-bond acceptors (Lipinski definition) is 1. The molecule has 0 aromatic heterocycles. The van der Waals surface area contributed by atoms with E-state index in [0.717, 1.165) is 40.6 Å². The Bertz CT molecular complexity index is 1720. The summed E-state index contributed by atoms with van der Waals surface area (Å²) in [5, 5.41) is 11.6. The van der Waals surface area contributed by atoms with E-state index in [1.807, 2.05) is 6.08 Å². The Morgan fingerprint density at radius 3 is 1.86 bits per heavy atom. The van der Waals surface area contributed by atoms with Gasteiger partial charge in [-0.2, -0.15) is 0 Å². The van der Waals surface area contributed by atoms with E-state index in [0.29, 0.717) is 0 Å². The summed E-state index contributed by atoms with van der Waals surface area (Å²) in [7, 11) is -1.55. The largest absolute Gasteiger partial charge is 0.364 e. The standard InChI is InChI=1S/C33H27OP/c1-2-3-4-10-23-17-18-29-20-25-12-6-8-14-27(25)22-31(29)33(23)35(34)32-16-9-15-28-19-24-11-5-7-13-26(24)21-30(28)32/h2,5-9,11-22,34H,1,3-4,10H2. The highest BCUT2D eigenvalue weighted by Gasteiger charge is 2.21. The lowest BCUT2D eigenvalue weighted by molar-refractivity contribution is 0.644. The molecule has 6 aromatic rings. The van der Waals surface area contributed by atoms with Crippen LogP contribution in [0.3, 0.4) is 0 Å². The highest BCUT2D eigenvalue weighted by Crippen LogP contribution is 2.38. The highest BCUT2D eigenvalue weighted by atomic mass is 31.1. The fraction of sp³-hybridized carbons (Fsp3) is 0.0909. The van der Waals surface area contributed by atoms with Crippen LogP contribution in [-0.2, 0) is 6.42 Å². The van der Waals surface area contributed by atoms with E-state index >= 15 is 0 Å². The molecular weight excluding hydrogens is 443 g/mol. The average molecular weight is 471 g/mol. The molecule has 0 radical (unpaired) electrons. The van der Waals surface area contributed by atoms with Crippen LogP contribution < -0.4 is 10.6 Å². The van der Waals surface area contributed by atoms with Crippen LogP contribution in [0.4, 0.5) is 0 Å². The van der Waals surface area contributed by atoms with Crippen LogP contribution in [0, 0.1) is 0 Å². The summed E-state index contributed by atoms with van der Waals surface area (Å²) in [6.45, 7) is 3.89. The molecule has 1 unspecified atom stereocenters. The predicted octanol–water partition coefficient (Wildman–Crippen LogP) is 8.15. The molecule has 35 heavy (non-hydrogen) atoms. The van der Waals surface area contributed by atoms with Gasteiger partial charge < -0.3 is 4.89 Å². The first kappa shape index (κ1) is 22.0. The number of allylic oxidation sites excluding steroid dienone is 1. The van der Waals surface area contributed by atoms with Crippen LogP contribution in [0.2, 0.25) is 0 Å². The molecule has 1 atom stereocenters. The molecule has 6 aromatic carbocycles. The second kappa shape index (κ2) is 9.27. The summed E-state index contributed by atoms with van der Waals surface area (Å²) in [6.07, 6.45) is 4.90. The Morgan fingerprint density at radius 1 is 0.629 bits per heavy atom. The van der Waals surface area contributed by atoms with Crippen LogP contribution in [0.15, 0.2) is 116 Å². The van der Waals surface area contributed by atoms with Crippen molar-refractivity contribution < 1.29 is 4.89 Å². The summed E-state index contributed by atoms with van der Waals surface area (Å²) in [4.78, 5) is 12.1. The minimum absolute atomic E-state index is 0.928. The molecule has 0 amide bonds. The topological polar surface area (TPSA) is 20.2 Å². The quantitative estimate of drug-likeness (QED) is 0.113. The number of rotatable bonds is 6. The number of fused-ring (bicyclic) bond motifs is 4. The Hall–Kier alpha value is -3.51. The van der Waals surface area contributed by atoms with E-state index in [-0.39, 0.29) is 0 Å². The summed E-state index contributed by atoms with van der Waals surface area (Å²) < 4.78 is 0. The first-order chi connectivity index (χ1) is 17.2. The summed E-state index contributed by atoms with van der Waals surface area (Å²) in [6, 6.07) is 36.7. The van der Waals surface area contributed by atoms with Crippen LogP contribution in [0.1, 0.15) is 18.4 Å². The highest BCUT2D eigenvalue weighted by molar-refractivity contribution is 7.68. The van der Waals surface area contributed by atoms with E-state index in [9.17, 15) is 4.89 Å². The maximum atomic E-state index is 12.1. The molecular formula is C33H27OP. The number of aryl methyl sites for hydroxylation is 1. The fourth-order valence-electron chi connectivity index (χ4n) is 5.19. The van der Waals surface area contributed by atoms with Crippen molar-refractivity contribution in [2.75, 3.05) is 0 Å². The van der Waals surface area contributed by atoms with Gasteiger partial charge in [0.2, 0.25) is 0 Å². The van der Waals surface area contributed by atoms with Crippen molar-refractivity contribution in [3.8, 4) is 0 Å². The monoisotopic (exact) mass is 470 g/mol. The van der Waals surface area contributed by atoms with E-state index < -0.39 is 8.15 Å². The van der Waals surface area contributed by atoms with Gasteiger partial charge in [-0.1, -0.05) is 84.9 Å². The maximum Gasteiger partial charge on any atom is 0.0892 e. The van der Waals surface area contributed by atoms with Gasteiger partial charge in [0.1, 0.15) is 0 Å². The predicted molar refractivity (Wildman–Crippen MR) is 154 cm³/mol. The second-order valence-electron chi connectivity index (χ2n) is 9.18. The lowest BCUT2D eigenvalue weighted by Gasteiger charge is -2.21. The van der Waals surface area contributed by atoms with Crippen LogP contribution in [-0.4, -0.2) is 4.89 Å². The number of unbranched alkanes of at least 4 members (excludes halogenated alkanes) is 1. The van der Waals surface area contributed by atoms with Crippen molar-refractivity contribution >= 4 is 61.8 Å². The third-order valence-corrected chi connectivity index (χ3v) is 8.76. The molecule has 1 nitrogen and oxygen atoms in total. The Kier molecular flexibility index (Phi) is 5.82. The van der Waals surface area contributed by atoms with Gasteiger partial charge in [0.15, 0.2) is 0 Å². The number of benzene rings is 6. The van der Waals surface area contributed by atoms with Crippen LogP contribution in [0.25, 0.3) is 43.1 Å². The Labute approximate surface area is 207 Å². The third-order valence-electron chi connectivity index (χ3n) is 6.96.